The molecule has 0 spiro atoms. The standard InChI is InChI=1S/C11H16FN/c1-2-5-10(13)8-9-6-3-4-7-11(9)12/h3-4,6-7,10H,2,5,8,13H2,1H3/t10-/m1/s1. The van der Waals surface area contributed by atoms with Gasteiger partial charge in [-0.25, -0.2) is 4.39 Å². The molecule has 2 N–H and O–H groups in total. The van der Waals surface area contributed by atoms with E-state index in [1.165, 1.54) is 6.07 Å². The van der Waals surface area contributed by atoms with Crippen molar-refractivity contribution >= 4 is 0 Å². The van der Waals surface area contributed by atoms with E-state index in [2.05, 4.69) is 6.92 Å². The Kier molecular flexibility index (Phi) is 3.90. The molecule has 0 heterocycles. The SMILES string of the molecule is CCC[C@@H](N)Cc1ccccc1F. The summed E-state index contributed by atoms with van der Waals surface area (Å²) in [5, 5.41) is 0. The molecule has 1 nitrogen and oxygen atoms in total. The molecule has 0 aliphatic heterocycles. The Hall–Kier alpha value is -0.890. The third kappa shape index (κ3) is 3.15. The highest BCUT2D eigenvalue weighted by molar-refractivity contribution is 5.18. The molecule has 1 aromatic rings. The van der Waals surface area contributed by atoms with E-state index in [-0.39, 0.29) is 11.9 Å². The van der Waals surface area contributed by atoms with Gasteiger partial charge in [-0.1, -0.05) is 31.5 Å². The van der Waals surface area contributed by atoms with E-state index >= 15 is 0 Å². The van der Waals surface area contributed by atoms with Crippen LogP contribution in [0.3, 0.4) is 0 Å². The Labute approximate surface area is 78.8 Å². The van der Waals surface area contributed by atoms with Crippen LogP contribution in [-0.2, 0) is 6.42 Å². The van der Waals surface area contributed by atoms with E-state index in [1.807, 2.05) is 6.07 Å². The second-order valence-corrected chi connectivity index (χ2v) is 3.34. The van der Waals surface area contributed by atoms with Crippen molar-refractivity contribution in [2.75, 3.05) is 0 Å². The van der Waals surface area contributed by atoms with Crippen LogP contribution in [0.2, 0.25) is 0 Å². The summed E-state index contributed by atoms with van der Waals surface area (Å²) >= 11 is 0. The third-order valence-electron chi connectivity index (χ3n) is 2.10. The fourth-order valence-electron chi connectivity index (χ4n) is 1.42. The highest BCUT2D eigenvalue weighted by Gasteiger charge is 2.06. The van der Waals surface area contributed by atoms with Crippen LogP contribution in [0, 0.1) is 5.82 Å². The zero-order chi connectivity index (χ0) is 9.68. The van der Waals surface area contributed by atoms with E-state index < -0.39 is 0 Å². The maximum atomic E-state index is 13.1. The van der Waals surface area contributed by atoms with Crippen LogP contribution in [0.1, 0.15) is 25.3 Å². The molecule has 1 rings (SSSR count). The van der Waals surface area contributed by atoms with Crippen molar-refractivity contribution in [2.45, 2.75) is 32.2 Å². The van der Waals surface area contributed by atoms with Gasteiger partial charge in [-0.05, 0) is 24.5 Å². The van der Waals surface area contributed by atoms with Gasteiger partial charge in [0.05, 0.1) is 0 Å². The lowest BCUT2D eigenvalue weighted by atomic mass is 10.0. The lowest BCUT2D eigenvalue weighted by Gasteiger charge is -2.10. The van der Waals surface area contributed by atoms with Crippen LogP contribution in [-0.4, -0.2) is 6.04 Å². The molecule has 0 fully saturated rings. The van der Waals surface area contributed by atoms with E-state index in [9.17, 15) is 4.39 Å². The van der Waals surface area contributed by atoms with Gasteiger partial charge >= 0.3 is 0 Å². The number of halogens is 1. The largest absolute Gasteiger partial charge is 0.327 e. The maximum absolute atomic E-state index is 13.1. The Morgan fingerprint density at radius 1 is 1.38 bits per heavy atom. The molecule has 0 saturated heterocycles. The van der Waals surface area contributed by atoms with Crippen molar-refractivity contribution in [3.05, 3.63) is 35.6 Å². The van der Waals surface area contributed by atoms with E-state index in [1.54, 1.807) is 12.1 Å². The number of hydrogen-bond acceptors (Lipinski definition) is 1. The predicted octanol–water partition coefficient (Wildman–Crippen LogP) is 2.50. The Bertz CT molecular complexity index is 260. The smallest absolute Gasteiger partial charge is 0.126 e. The number of rotatable bonds is 4. The maximum Gasteiger partial charge on any atom is 0.126 e. The predicted molar refractivity (Wildman–Crippen MR) is 53.0 cm³/mol. The average Bonchev–Trinajstić information content (AvgIpc) is 2.09. The van der Waals surface area contributed by atoms with Gasteiger partial charge in [-0.15, -0.1) is 0 Å². The monoisotopic (exact) mass is 181 g/mol. The second-order valence-electron chi connectivity index (χ2n) is 3.34. The van der Waals surface area contributed by atoms with Crippen molar-refractivity contribution in [2.24, 2.45) is 5.73 Å². The fraction of sp³-hybridized carbons (Fsp3) is 0.455. The summed E-state index contributed by atoms with van der Waals surface area (Å²) < 4.78 is 13.1. The van der Waals surface area contributed by atoms with Crippen LogP contribution in [0.25, 0.3) is 0 Å². The summed E-state index contributed by atoms with van der Waals surface area (Å²) in [5.74, 6) is -0.144. The molecule has 13 heavy (non-hydrogen) atoms. The van der Waals surface area contributed by atoms with E-state index in [0.29, 0.717) is 6.42 Å². The summed E-state index contributed by atoms with van der Waals surface area (Å²) in [5.41, 5.74) is 6.54. The zero-order valence-corrected chi connectivity index (χ0v) is 7.96. The molecule has 0 aliphatic rings. The van der Waals surface area contributed by atoms with Gasteiger partial charge in [-0.3, -0.25) is 0 Å². The van der Waals surface area contributed by atoms with Gasteiger partial charge in [-0.2, -0.15) is 0 Å². The molecule has 0 aromatic heterocycles. The molecule has 1 atom stereocenters. The summed E-state index contributed by atoms with van der Waals surface area (Å²) in [6.45, 7) is 2.08. The molecule has 2 heteroatoms. The Morgan fingerprint density at radius 2 is 2.08 bits per heavy atom. The second kappa shape index (κ2) is 4.97. The molecule has 0 bridgehead atoms. The summed E-state index contributed by atoms with van der Waals surface area (Å²) in [6.07, 6.45) is 2.64. The molecule has 0 amide bonds. The van der Waals surface area contributed by atoms with Gasteiger partial charge < -0.3 is 5.73 Å². The molecular formula is C11H16FN. The highest BCUT2D eigenvalue weighted by Crippen LogP contribution is 2.10. The summed E-state index contributed by atoms with van der Waals surface area (Å²) in [4.78, 5) is 0. The van der Waals surface area contributed by atoms with Crippen molar-refractivity contribution in [1.29, 1.82) is 0 Å². The van der Waals surface area contributed by atoms with Gasteiger partial charge in [0.2, 0.25) is 0 Å². The fourth-order valence-corrected chi connectivity index (χ4v) is 1.42. The Morgan fingerprint density at radius 3 is 2.69 bits per heavy atom. The van der Waals surface area contributed by atoms with Gasteiger partial charge in [0.25, 0.3) is 0 Å². The molecular weight excluding hydrogens is 165 g/mol. The molecule has 0 aliphatic carbocycles. The minimum atomic E-state index is -0.144. The molecule has 0 unspecified atom stereocenters. The zero-order valence-electron chi connectivity index (χ0n) is 7.96. The van der Waals surface area contributed by atoms with Crippen molar-refractivity contribution < 1.29 is 4.39 Å². The minimum Gasteiger partial charge on any atom is -0.327 e. The lowest BCUT2D eigenvalue weighted by Crippen LogP contribution is -2.22. The average molecular weight is 181 g/mol. The van der Waals surface area contributed by atoms with E-state index in [0.717, 1.165) is 18.4 Å². The van der Waals surface area contributed by atoms with Crippen molar-refractivity contribution in [3.63, 3.8) is 0 Å². The molecule has 1 aromatic carbocycles. The molecule has 72 valence electrons. The first-order valence-electron chi connectivity index (χ1n) is 4.73. The van der Waals surface area contributed by atoms with Crippen LogP contribution in [0.4, 0.5) is 4.39 Å². The highest BCUT2D eigenvalue weighted by atomic mass is 19.1. The van der Waals surface area contributed by atoms with Crippen LogP contribution in [0.5, 0.6) is 0 Å². The topological polar surface area (TPSA) is 26.0 Å². The van der Waals surface area contributed by atoms with Gasteiger partial charge in [0, 0.05) is 6.04 Å². The van der Waals surface area contributed by atoms with Gasteiger partial charge in [0.1, 0.15) is 5.82 Å². The first-order valence-corrected chi connectivity index (χ1v) is 4.73. The third-order valence-corrected chi connectivity index (χ3v) is 2.10. The first-order chi connectivity index (χ1) is 6.24. The van der Waals surface area contributed by atoms with Crippen LogP contribution < -0.4 is 5.73 Å². The number of nitrogens with two attached hydrogens (primary N) is 1. The first kappa shape index (κ1) is 10.2. The summed E-state index contributed by atoms with van der Waals surface area (Å²) in [6, 6.07) is 6.90. The van der Waals surface area contributed by atoms with Gasteiger partial charge in [0.15, 0.2) is 0 Å². The van der Waals surface area contributed by atoms with Crippen LogP contribution in [0.15, 0.2) is 24.3 Å². The van der Waals surface area contributed by atoms with Crippen molar-refractivity contribution in [3.8, 4) is 0 Å². The quantitative estimate of drug-likeness (QED) is 0.758. The normalized spacial score (nSPS) is 12.8. The van der Waals surface area contributed by atoms with Crippen LogP contribution >= 0.6 is 0 Å². The Balaban J connectivity index is 2.58. The minimum absolute atomic E-state index is 0.0851. The summed E-state index contributed by atoms with van der Waals surface area (Å²) in [7, 11) is 0. The lowest BCUT2D eigenvalue weighted by molar-refractivity contribution is 0.561. The number of hydrogen-bond donors (Lipinski definition) is 1. The number of benzene rings is 1. The van der Waals surface area contributed by atoms with E-state index in [4.69, 9.17) is 5.73 Å². The van der Waals surface area contributed by atoms with Crippen molar-refractivity contribution in [1.82, 2.24) is 0 Å². The molecule has 0 radical (unpaired) electrons. The molecule has 0 saturated carbocycles.